The van der Waals surface area contributed by atoms with E-state index in [0.29, 0.717) is 12.1 Å². The second-order valence-electron chi connectivity index (χ2n) is 4.74. The molecule has 1 aromatic rings. The van der Waals surface area contributed by atoms with Crippen LogP contribution in [0.5, 0.6) is 0 Å². The van der Waals surface area contributed by atoms with Crippen LogP contribution in [0.15, 0.2) is 30.3 Å². The fourth-order valence-electron chi connectivity index (χ4n) is 1.91. The zero-order chi connectivity index (χ0) is 12.6. The number of rotatable bonds is 8. The number of hydrogen-bond donors (Lipinski definition) is 2. The normalized spacial score (nSPS) is 11.7. The molecular formula is C14H24O2Si. The molecule has 0 bridgehead atoms. The maximum absolute atomic E-state index is 9.55. The van der Waals surface area contributed by atoms with Gasteiger partial charge in [0.25, 0.3) is 0 Å². The molecule has 96 valence electrons. The Labute approximate surface area is 106 Å². The first-order valence-corrected chi connectivity index (χ1v) is 8.93. The van der Waals surface area contributed by atoms with Crippen LogP contribution in [0.2, 0.25) is 12.1 Å². The highest BCUT2D eigenvalue weighted by Gasteiger charge is 2.24. The maximum Gasteiger partial charge on any atom is 0.332 e. The number of unbranched alkanes of at least 4 members (excludes halogenated alkanes) is 3. The smallest absolute Gasteiger partial charge is 0.332 e. The fourth-order valence-corrected chi connectivity index (χ4v) is 3.08. The van der Waals surface area contributed by atoms with E-state index in [1.807, 2.05) is 13.0 Å². The summed E-state index contributed by atoms with van der Waals surface area (Å²) >= 11 is 0. The molecule has 0 aliphatic carbocycles. The Balaban J connectivity index is 2.02. The molecule has 0 unspecified atom stereocenters. The first kappa shape index (κ1) is 14.4. The lowest BCUT2D eigenvalue weighted by atomic mass is 10.1. The Morgan fingerprint density at radius 1 is 0.941 bits per heavy atom. The summed E-state index contributed by atoms with van der Waals surface area (Å²) < 4.78 is 0. The summed E-state index contributed by atoms with van der Waals surface area (Å²) in [7, 11) is -2.80. The topological polar surface area (TPSA) is 40.5 Å². The van der Waals surface area contributed by atoms with E-state index in [2.05, 4.69) is 24.3 Å². The Morgan fingerprint density at radius 3 is 2.24 bits per heavy atom. The van der Waals surface area contributed by atoms with Crippen molar-refractivity contribution >= 4 is 8.56 Å². The molecule has 0 fully saturated rings. The number of hydrogen-bond acceptors (Lipinski definition) is 2. The summed E-state index contributed by atoms with van der Waals surface area (Å²) in [5.41, 5.74) is 1.40. The van der Waals surface area contributed by atoms with Crippen LogP contribution in [-0.4, -0.2) is 18.2 Å². The van der Waals surface area contributed by atoms with E-state index < -0.39 is 8.56 Å². The molecular weight excluding hydrogens is 228 g/mol. The maximum atomic E-state index is 9.55. The van der Waals surface area contributed by atoms with Crippen molar-refractivity contribution in [3.05, 3.63) is 35.9 Å². The van der Waals surface area contributed by atoms with Crippen LogP contribution in [0, 0.1) is 0 Å². The molecule has 0 amide bonds. The van der Waals surface area contributed by atoms with Crippen molar-refractivity contribution in [1.29, 1.82) is 0 Å². The van der Waals surface area contributed by atoms with Gasteiger partial charge in [-0.25, -0.2) is 0 Å². The summed E-state index contributed by atoms with van der Waals surface area (Å²) in [6.07, 6.45) is 5.59. The zero-order valence-corrected chi connectivity index (χ0v) is 11.7. The molecule has 0 radical (unpaired) electrons. The van der Waals surface area contributed by atoms with Crippen LogP contribution >= 0.6 is 0 Å². The van der Waals surface area contributed by atoms with Gasteiger partial charge in [-0.05, 0) is 30.5 Å². The molecule has 0 heterocycles. The molecule has 1 aromatic carbocycles. The molecule has 0 spiro atoms. The quantitative estimate of drug-likeness (QED) is 0.551. The SMILES string of the molecule is CC[Si](O)(O)CCCCCCc1ccccc1. The highest BCUT2D eigenvalue weighted by Crippen LogP contribution is 2.14. The zero-order valence-electron chi connectivity index (χ0n) is 10.7. The molecule has 0 aliphatic rings. The van der Waals surface area contributed by atoms with Gasteiger partial charge >= 0.3 is 8.56 Å². The van der Waals surface area contributed by atoms with Gasteiger partial charge in [-0.3, -0.25) is 0 Å². The Bertz CT molecular complexity index is 298. The van der Waals surface area contributed by atoms with Gasteiger partial charge in [0.1, 0.15) is 0 Å². The highest BCUT2D eigenvalue weighted by atomic mass is 28.4. The molecule has 17 heavy (non-hydrogen) atoms. The molecule has 2 N–H and O–H groups in total. The molecule has 0 aromatic heterocycles. The van der Waals surface area contributed by atoms with E-state index in [1.54, 1.807) is 0 Å². The summed E-state index contributed by atoms with van der Waals surface area (Å²) in [4.78, 5) is 19.1. The van der Waals surface area contributed by atoms with Crippen molar-refractivity contribution in [3.8, 4) is 0 Å². The van der Waals surface area contributed by atoms with Crippen LogP contribution in [0.1, 0.15) is 38.2 Å². The summed E-state index contributed by atoms with van der Waals surface area (Å²) in [5, 5.41) is 0. The van der Waals surface area contributed by atoms with Crippen LogP contribution in [-0.2, 0) is 6.42 Å². The van der Waals surface area contributed by atoms with E-state index in [9.17, 15) is 9.59 Å². The minimum atomic E-state index is -2.80. The van der Waals surface area contributed by atoms with Crippen molar-refractivity contribution in [1.82, 2.24) is 0 Å². The first-order chi connectivity index (χ1) is 8.14. The predicted molar refractivity (Wildman–Crippen MR) is 74.1 cm³/mol. The van der Waals surface area contributed by atoms with Crippen molar-refractivity contribution in [2.75, 3.05) is 0 Å². The minimum Gasteiger partial charge on any atom is -0.411 e. The standard InChI is InChI=1S/C14H24O2Si/c1-2-17(15,16)13-9-4-3-6-10-14-11-7-5-8-12-14/h5,7-8,11-12,15-16H,2-4,6,9-10,13H2,1H3. The third kappa shape index (κ3) is 6.61. The van der Waals surface area contributed by atoms with Crippen molar-refractivity contribution in [3.63, 3.8) is 0 Å². The van der Waals surface area contributed by atoms with Crippen LogP contribution in [0.4, 0.5) is 0 Å². The molecule has 2 nitrogen and oxygen atoms in total. The van der Waals surface area contributed by atoms with Gasteiger partial charge in [-0.15, -0.1) is 0 Å². The van der Waals surface area contributed by atoms with Gasteiger partial charge in [-0.1, -0.05) is 56.5 Å². The predicted octanol–water partition coefficient (Wildman–Crippen LogP) is 3.24. The van der Waals surface area contributed by atoms with Gasteiger partial charge in [0.05, 0.1) is 0 Å². The lowest BCUT2D eigenvalue weighted by molar-refractivity contribution is 0.356. The van der Waals surface area contributed by atoms with E-state index in [0.717, 1.165) is 19.3 Å². The molecule has 0 atom stereocenters. The van der Waals surface area contributed by atoms with Gasteiger partial charge in [0, 0.05) is 0 Å². The summed E-state index contributed by atoms with van der Waals surface area (Å²) in [6.45, 7) is 1.86. The van der Waals surface area contributed by atoms with Crippen LogP contribution in [0.25, 0.3) is 0 Å². The lowest BCUT2D eigenvalue weighted by Crippen LogP contribution is -2.32. The molecule has 3 heteroatoms. The average molecular weight is 252 g/mol. The Morgan fingerprint density at radius 2 is 1.59 bits per heavy atom. The average Bonchev–Trinajstić information content (AvgIpc) is 2.35. The van der Waals surface area contributed by atoms with Gasteiger partial charge < -0.3 is 9.59 Å². The van der Waals surface area contributed by atoms with Crippen LogP contribution < -0.4 is 0 Å². The summed E-state index contributed by atoms with van der Waals surface area (Å²) in [6, 6.07) is 11.7. The first-order valence-electron chi connectivity index (χ1n) is 6.63. The molecule has 0 saturated carbocycles. The van der Waals surface area contributed by atoms with Gasteiger partial charge in [0.15, 0.2) is 0 Å². The van der Waals surface area contributed by atoms with Crippen molar-refractivity contribution < 1.29 is 9.59 Å². The van der Waals surface area contributed by atoms with E-state index in [4.69, 9.17) is 0 Å². The minimum absolute atomic E-state index is 0.553. The molecule has 0 aliphatic heterocycles. The largest absolute Gasteiger partial charge is 0.411 e. The number of benzene rings is 1. The van der Waals surface area contributed by atoms with Gasteiger partial charge in [0.2, 0.25) is 0 Å². The van der Waals surface area contributed by atoms with Crippen molar-refractivity contribution in [2.24, 2.45) is 0 Å². The molecule has 1 rings (SSSR count). The van der Waals surface area contributed by atoms with E-state index >= 15 is 0 Å². The monoisotopic (exact) mass is 252 g/mol. The second-order valence-corrected chi connectivity index (χ2v) is 7.91. The van der Waals surface area contributed by atoms with E-state index in [-0.39, 0.29) is 0 Å². The number of aryl methyl sites for hydroxylation is 1. The molecule has 0 saturated heterocycles. The van der Waals surface area contributed by atoms with Crippen molar-refractivity contribution in [2.45, 2.75) is 51.1 Å². The fraction of sp³-hybridized carbons (Fsp3) is 0.571. The van der Waals surface area contributed by atoms with Crippen LogP contribution in [0.3, 0.4) is 0 Å². The Kier molecular flexibility index (Phi) is 6.48. The van der Waals surface area contributed by atoms with E-state index in [1.165, 1.54) is 18.4 Å². The third-order valence-corrected chi connectivity index (χ3v) is 5.49. The van der Waals surface area contributed by atoms with Gasteiger partial charge in [-0.2, -0.15) is 0 Å². The third-order valence-electron chi connectivity index (χ3n) is 3.20. The lowest BCUT2D eigenvalue weighted by Gasteiger charge is -2.14. The summed E-state index contributed by atoms with van der Waals surface area (Å²) in [5.74, 6) is 0. The Hall–Kier alpha value is -0.643. The second kappa shape index (κ2) is 7.64. The highest BCUT2D eigenvalue weighted by molar-refractivity contribution is 6.64.